The van der Waals surface area contributed by atoms with Gasteiger partial charge in [0.05, 0.1) is 30.0 Å². The van der Waals surface area contributed by atoms with E-state index in [4.69, 9.17) is 9.47 Å². The Morgan fingerprint density at radius 2 is 2.09 bits per heavy atom. The lowest BCUT2D eigenvalue weighted by Crippen LogP contribution is -2.56. The zero-order valence-corrected chi connectivity index (χ0v) is 25.0. The van der Waals surface area contributed by atoms with Crippen LogP contribution in [0.5, 0.6) is 0 Å². The molecule has 2 aromatic rings. The molecular weight excluding hydrogens is 568 g/mol. The number of fused-ring (bicyclic) bond motifs is 2. The second kappa shape index (κ2) is 13.3. The van der Waals surface area contributed by atoms with Crippen molar-refractivity contribution < 1.29 is 33.8 Å². The number of aliphatic hydroxyl groups is 1. The van der Waals surface area contributed by atoms with E-state index in [9.17, 15) is 24.3 Å². The smallest absolute Gasteiger partial charge is 0.312 e. The lowest BCUT2D eigenvalue weighted by Gasteiger charge is -2.36. The minimum atomic E-state index is -1.22. The van der Waals surface area contributed by atoms with E-state index in [-0.39, 0.29) is 63.5 Å². The summed E-state index contributed by atoms with van der Waals surface area (Å²) in [6.07, 6.45) is 4.05. The number of amides is 3. The Morgan fingerprint density at radius 1 is 1.30 bits per heavy atom. The number of hydrogen-bond donors (Lipinski definition) is 2. The van der Waals surface area contributed by atoms with E-state index in [1.54, 1.807) is 28.7 Å². The molecule has 13 heteroatoms. The predicted molar refractivity (Wildman–Crippen MR) is 158 cm³/mol. The average molecular weight is 609 g/mol. The van der Waals surface area contributed by atoms with Crippen LogP contribution in [0.2, 0.25) is 0 Å². The number of aromatic nitrogens is 3. The van der Waals surface area contributed by atoms with Gasteiger partial charge in [-0.25, -0.2) is 4.68 Å². The molecule has 3 aliphatic heterocycles. The fourth-order valence-electron chi connectivity index (χ4n) is 6.81. The summed E-state index contributed by atoms with van der Waals surface area (Å²) in [5.74, 6) is -3.29. The quantitative estimate of drug-likeness (QED) is 0.224. The average Bonchev–Trinajstić information content (AvgIpc) is 3.77. The van der Waals surface area contributed by atoms with Crippen molar-refractivity contribution in [3.05, 3.63) is 49.6 Å². The lowest BCUT2D eigenvalue weighted by molar-refractivity contribution is -0.159. The standard InChI is InChI=1S/C31H40N6O7/c1-4-6-12-24(39)32-18-20(3)43-30(42)25-23-13-14-31(44-23)26(25)28(40)36(16-9-17-38)27(31)29(41)35(15-5-2)19-37-22-11-8-7-10-21(22)33-34-37/h4-5,7-8,10-11,20,23,25-27,38H,1-2,6,9,12-19H2,3H3,(H,32,39)/t20-,23-,25+,26+,27-,31+/m1/s1. The number of carbonyl (C=O) groups is 4. The molecule has 4 heterocycles. The van der Waals surface area contributed by atoms with Crippen LogP contribution in [0.15, 0.2) is 49.6 Å². The van der Waals surface area contributed by atoms with Crippen molar-refractivity contribution in [1.29, 1.82) is 0 Å². The Hall–Kier alpha value is -4.10. The molecule has 3 saturated heterocycles. The first-order valence-corrected chi connectivity index (χ1v) is 15.1. The van der Waals surface area contributed by atoms with Gasteiger partial charge in [-0.15, -0.1) is 18.3 Å². The zero-order valence-electron chi connectivity index (χ0n) is 25.0. The summed E-state index contributed by atoms with van der Waals surface area (Å²) >= 11 is 0. The van der Waals surface area contributed by atoms with Crippen LogP contribution in [0.3, 0.4) is 0 Å². The molecule has 6 atom stereocenters. The number of hydrogen-bond acceptors (Lipinski definition) is 9. The summed E-state index contributed by atoms with van der Waals surface area (Å²) in [5, 5.41) is 20.8. The molecule has 1 spiro atoms. The molecule has 0 radical (unpaired) electrons. The van der Waals surface area contributed by atoms with Crippen molar-refractivity contribution in [3.8, 4) is 0 Å². The first kappa shape index (κ1) is 31.3. The van der Waals surface area contributed by atoms with Crippen LogP contribution in [-0.4, -0.2) is 104 Å². The highest BCUT2D eigenvalue weighted by atomic mass is 16.6. The maximum Gasteiger partial charge on any atom is 0.312 e. The maximum atomic E-state index is 14.4. The number of rotatable bonds is 15. The maximum absolute atomic E-state index is 14.4. The normalized spacial score (nSPS) is 26.0. The number of para-hydroxylation sites is 1. The van der Waals surface area contributed by atoms with Crippen molar-refractivity contribution in [1.82, 2.24) is 30.1 Å². The van der Waals surface area contributed by atoms with Gasteiger partial charge in [0.15, 0.2) is 0 Å². The van der Waals surface area contributed by atoms with E-state index in [0.717, 1.165) is 5.52 Å². The van der Waals surface area contributed by atoms with Gasteiger partial charge in [0.1, 0.15) is 29.9 Å². The number of likely N-dealkylation sites (tertiary alicyclic amines) is 1. The molecule has 1 aromatic heterocycles. The lowest BCUT2D eigenvalue weighted by atomic mass is 9.70. The van der Waals surface area contributed by atoms with Crippen LogP contribution < -0.4 is 5.32 Å². The van der Waals surface area contributed by atoms with Crippen molar-refractivity contribution in [2.45, 2.75) is 69.5 Å². The Bertz CT molecular complexity index is 1430. The highest BCUT2D eigenvalue weighted by Crippen LogP contribution is 2.58. The molecule has 1 aromatic carbocycles. The molecule has 2 bridgehead atoms. The predicted octanol–water partition coefficient (Wildman–Crippen LogP) is 1.17. The van der Waals surface area contributed by atoms with E-state index in [2.05, 4.69) is 28.8 Å². The number of ether oxygens (including phenoxy) is 2. The Morgan fingerprint density at radius 3 is 2.84 bits per heavy atom. The van der Waals surface area contributed by atoms with Gasteiger partial charge in [-0.1, -0.05) is 29.5 Å². The Balaban J connectivity index is 1.38. The van der Waals surface area contributed by atoms with Gasteiger partial charge in [0, 0.05) is 26.1 Å². The van der Waals surface area contributed by atoms with E-state index in [0.29, 0.717) is 24.8 Å². The Labute approximate surface area is 255 Å². The van der Waals surface area contributed by atoms with Crippen molar-refractivity contribution in [2.24, 2.45) is 11.8 Å². The fourth-order valence-corrected chi connectivity index (χ4v) is 6.81. The molecule has 0 saturated carbocycles. The molecule has 3 amide bonds. The number of nitrogens with one attached hydrogen (secondary N) is 1. The zero-order chi connectivity index (χ0) is 31.4. The molecule has 0 unspecified atom stereocenters. The summed E-state index contributed by atoms with van der Waals surface area (Å²) in [6.45, 7) is 9.43. The van der Waals surface area contributed by atoms with E-state index in [1.807, 2.05) is 24.3 Å². The summed E-state index contributed by atoms with van der Waals surface area (Å²) in [5.41, 5.74) is 0.212. The van der Waals surface area contributed by atoms with Crippen molar-refractivity contribution in [3.63, 3.8) is 0 Å². The summed E-state index contributed by atoms with van der Waals surface area (Å²) in [4.78, 5) is 57.0. The number of aliphatic hydroxyl groups excluding tert-OH is 1. The highest BCUT2D eigenvalue weighted by Gasteiger charge is 2.75. The highest BCUT2D eigenvalue weighted by molar-refractivity contribution is 5.98. The molecule has 13 nitrogen and oxygen atoms in total. The summed E-state index contributed by atoms with van der Waals surface area (Å²) in [6, 6.07) is 6.40. The number of esters is 1. The van der Waals surface area contributed by atoms with E-state index >= 15 is 0 Å². The minimum absolute atomic E-state index is 0.0651. The molecule has 0 aliphatic carbocycles. The summed E-state index contributed by atoms with van der Waals surface area (Å²) in [7, 11) is 0. The fraction of sp³-hybridized carbons (Fsp3) is 0.548. The number of allylic oxidation sites excluding steroid dienone is 1. The number of carbonyl (C=O) groups excluding carboxylic acids is 4. The van der Waals surface area contributed by atoms with Crippen LogP contribution in [0, 0.1) is 11.8 Å². The van der Waals surface area contributed by atoms with E-state index in [1.165, 1.54) is 4.90 Å². The summed E-state index contributed by atoms with van der Waals surface area (Å²) < 4.78 is 13.8. The third kappa shape index (κ3) is 5.73. The molecule has 44 heavy (non-hydrogen) atoms. The van der Waals surface area contributed by atoms with Crippen LogP contribution in [0.25, 0.3) is 11.0 Å². The van der Waals surface area contributed by atoms with Gasteiger partial charge in [0.25, 0.3) is 0 Å². The monoisotopic (exact) mass is 608 g/mol. The van der Waals surface area contributed by atoms with Crippen LogP contribution in [0.1, 0.15) is 39.0 Å². The first-order valence-electron chi connectivity index (χ1n) is 15.1. The van der Waals surface area contributed by atoms with Gasteiger partial charge in [-0.2, -0.15) is 0 Å². The van der Waals surface area contributed by atoms with Crippen LogP contribution in [-0.2, 0) is 35.3 Å². The topological polar surface area (TPSA) is 156 Å². The van der Waals surface area contributed by atoms with Gasteiger partial charge in [-0.3, -0.25) is 19.2 Å². The van der Waals surface area contributed by atoms with Gasteiger partial charge < -0.3 is 29.7 Å². The Kier molecular flexibility index (Phi) is 9.45. The minimum Gasteiger partial charge on any atom is -0.460 e. The van der Waals surface area contributed by atoms with Gasteiger partial charge in [-0.05, 0) is 44.7 Å². The second-order valence-corrected chi connectivity index (χ2v) is 11.6. The second-order valence-electron chi connectivity index (χ2n) is 11.6. The molecule has 2 N–H and O–H groups in total. The van der Waals surface area contributed by atoms with Gasteiger partial charge >= 0.3 is 5.97 Å². The molecule has 236 valence electrons. The molecular formula is C31H40N6O7. The third-order valence-electron chi connectivity index (χ3n) is 8.73. The van der Waals surface area contributed by atoms with Crippen LogP contribution >= 0.6 is 0 Å². The third-order valence-corrected chi connectivity index (χ3v) is 8.73. The number of benzene rings is 1. The SMILES string of the molecule is C=CCCC(=O)NC[C@@H](C)OC(=O)[C@@H]1[C@H]2C(=O)N(CCCO)[C@H](C(=O)N(CC=C)Cn3nnc4ccccc43)[C@]23CC[C@H]1O3. The molecule has 5 rings (SSSR count). The molecule has 3 aliphatic rings. The first-order chi connectivity index (χ1) is 21.2. The van der Waals surface area contributed by atoms with E-state index < -0.39 is 41.7 Å². The largest absolute Gasteiger partial charge is 0.460 e. The van der Waals surface area contributed by atoms with Crippen LogP contribution in [0.4, 0.5) is 0 Å². The van der Waals surface area contributed by atoms with Crippen molar-refractivity contribution >= 4 is 34.7 Å². The van der Waals surface area contributed by atoms with Gasteiger partial charge in [0.2, 0.25) is 17.7 Å². The number of nitrogens with zero attached hydrogens (tertiary/aromatic N) is 5. The van der Waals surface area contributed by atoms with Crippen molar-refractivity contribution in [2.75, 3.05) is 26.2 Å². The molecule has 3 fully saturated rings.